The number of hydrogen-bond acceptors (Lipinski definition) is 3. The third-order valence-electron chi connectivity index (χ3n) is 5.81. The van der Waals surface area contributed by atoms with E-state index < -0.39 is 0 Å². The summed E-state index contributed by atoms with van der Waals surface area (Å²) in [7, 11) is 3.85. The molecular weight excluding hydrogens is 288 g/mol. The summed E-state index contributed by atoms with van der Waals surface area (Å²) in [6, 6.07) is 8.43. The van der Waals surface area contributed by atoms with Crippen LogP contribution in [0.3, 0.4) is 0 Å². The average molecular weight is 316 g/mol. The van der Waals surface area contributed by atoms with Crippen molar-refractivity contribution in [2.24, 2.45) is 17.1 Å². The Bertz CT molecular complexity index is 568. The molecule has 0 radical (unpaired) electrons. The molecule has 2 fully saturated rings. The number of amides is 1. The molecule has 23 heavy (non-hydrogen) atoms. The second-order valence-electron chi connectivity index (χ2n) is 7.27. The van der Waals surface area contributed by atoms with Gasteiger partial charge in [-0.25, -0.2) is 0 Å². The summed E-state index contributed by atoms with van der Waals surface area (Å²) in [6.45, 7) is 1.07. The first-order valence-corrected chi connectivity index (χ1v) is 8.69. The second-order valence-corrected chi connectivity index (χ2v) is 7.27. The molecule has 0 bridgehead atoms. The molecule has 1 aromatic carbocycles. The van der Waals surface area contributed by atoms with Crippen molar-refractivity contribution in [3.8, 4) is 5.75 Å². The number of nitrogens with zero attached hydrogens (tertiary/aromatic N) is 1. The van der Waals surface area contributed by atoms with Crippen LogP contribution >= 0.6 is 0 Å². The summed E-state index contributed by atoms with van der Waals surface area (Å²) in [5.41, 5.74) is 7.10. The molecule has 2 aliphatic rings. The van der Waals surface area contributed by atoms with Crippen LogP contribution in [0.1, 0.15) is 37.7 Å². The van der Waals surface area contributed by atoms with Gasteiger partial charge in [-0.05, 0) is 62.7 Å². The van der Waals surface area contributed by atoms with Crippen LogP contribution in [0.4, 0.5) is 0 Å². The Morgan fingerprint density at radius 2 is 2.13 bits per heavy atom. The third-order valence-corrected chi connectivity index (χ3v) is 5.81. The molecule has 1 amide bonds. The highest BCUT2D eigenvalue weighted by atomic mass is 16.5. The Morgan fingerprint density at radius 3 is 2.74 bits per heavy atom. The molecule has 1 aromatic rings. The first-order valence-electron chi connectivity index (χ1n) is 8.69. The van der Waals surface area contributed by atoms with Crippen LogP contribution in [0.2, 0.25) is 0 Å². The van der Waals surface area contributed by atoms with Gasteiger partial charge in [0.25, 0.3) is 0 Å². The van der Waals surface area contributed by atoms with Gasteiger partial charge in [0.2, 0.25) is 5.91 Å². The number of para-hydroxylation sites is 1. The van der Waals surface area contributed by atoms with Gasteiger partial charge in [-0.3, -0.25) is 4.79 Å². The van der Waals surface area contributed by atoms with E-state index >= 15 is 0 Å². The molecule has 126 valence electrons. The summed E-state index contributed by atoms with van der Waals surface area (Å²) < 4.78 is 5.50. The topological polar surface area (TPSA) is 55.6 Å². The Labute approximate surface area is 139 Å². The zero-order valence-corrected chi connectivity index (χ0v) is 14.3. The molecule has 2 atom stereocenters. The smallest absolute Gasteiger partial charge is 0.222 e. The van der Waals surface area contributed by atoms with Crippen molar-refractivity contribution < 1.29 is 9.53 Å². The van der Waals surface area contributed by atoms with Crippen molar-refractivity contribution in [3.05, 3.63) is 29.8 Å². The van der Waals surface area contributed by atoms with Gasteiger partial charge < -0.3 is 15.4 Å². The summed E-state index contributed by atoms with van der Waals surface area (Å²) in [5, 5.41) is 0. The van der Waals surface area contributed by atoms with E-state index in [9.17, 15) is 4.79 Å². The monoisotopic (exact) mass is 316 g/mol. The standard InChI is InChI=1S/C19H28N2O2/c1-21-12-6-5-8-15(21)17(18(20)22)19(10-11-19)13-14-7-3-4-9-16(14)23-2/h3-4,7,9,15,17H,5-6,8,10-13H2,1-2H3,(H2,20,22). The first kappa shape index (κ1) is 16.3. The summed E-state index contributed by atoms with van der Waals surface area (Å²) >= 11 is 0. The number of carbonyl (C=O) groups is 1. The van der Waals surface area contributed by atoms with Gasteiger partial charge in [0, 0.05) is 6.04 Å². The van der Waals surface area contributed by atoms with E-state index in [1.54, 1.807) is 7.11 Å². The van der Waals surface area contributed by atoms with Gasteiger partial charge in [0.1, 0.15) is 5.75 Å². The highest BCUT2D eigenvalue weighted by molar-refractivity contribution is 5.79. The minimum absolute atomic E-state index is 0.0245. The van der Waals surface area contributed by atoms with Crippen LogP contribution in [-0.2, 0) is 11.2 Å². The quantitative estimate of drug-likeness (QED) is 0.877. The van der Waals surface area contributed by atoms with Crippen LogP contribution in [0.25, 0.3) is 0 Å². The number of likely N-dealkylation sites (tertiary alicyclic amines) is 1. The van der Waals surface area contributed by atoms with Gasteiger partial charge in [-0.1, -0.05) is 24.6 Å². The summed E-state index contributed by atoms with van der Waals surface area (Å²) in [5.74, 6) is 0.729. The Balaban J connectivity index is 1.85. The van der Waals surface area contributed by atoms with Gasteiger partial charge >= 0.3 is 0 Å². The van der Waals surface area contributed by atoms with Gasteiger partial charge in [-0.2, -0.15) is 0 Å². The van der Waals surface area contributed by atoms with Crippen LogP contribution in [0.15, 0.2) is 24.3 Å². The van der Waals surface area contributed by atoms with E-state index in [0.29, 0.717) is 6.04 Å². The third kappa shape index (κ3) is 3.23. The van der Waals surface area contributed by atoms with Crippen molar-refractivity contribution in [1.82, 2.24) is 4.90 Å². The number of carbonyl (C=O) groups excluding carboxylic acids is 1. The number of hydrogen-bond donors (Lipinski definition) is 1. The minimum atomic E-state index is -0.129. The van der Waals surface area contributed by atoms with E-state index in [4.69, 9.17) is 10.5 Å². The van der Waals surface area contributed by atoms with Crippen LogP contribution in [0, 0.1) is 11.3 Å². The molecule has 2 N–H and O–H groups in total. The van der Waals surface area contributed by atoms with Gasteiger partial charge in [0.15, 0.2) is 0 Å². The lowest BCUT2D eigenvalue weighted by atomic mass is 9.75. The van der Waals surface area contributed by atoms with Crippen LogP contribution in [-0.4, -0.2) is 37.6 Å². The molecule has 1 aliphatic heterocycles. The molecule has 4 heteroatoms. The molecule has 0 aromatic heterocycles. The number of piperidine rings is 1. The van der Waals surface area contributed by atoms with Crippen molar-refractivity contribution in [1.29, 1.82) is 0 Å². The normalized spacial score (nSPS) is 24.9. The fourth-order valence-corrected chi connectivity index (χ4v) is 4.41. The van der Waals surface area contributed by atoms with E-state index in [1.165, 1.54) is 18.4 Å². The molecule has 1 saturated carbocycles. The Kier molecular flexibility index (Phi) is 4.62. The first-order chi connectivity index (χ1) is 11.1. The SMILES string of the molecule is COc1ccccc1CC1(C(C(N)=O)C2CCCCN2C)CC1. The molecule has 3 rings (SSSR count). The lowest BCUT2D eigenvalue weighted by Gasteiger charge is -2.40. The minimum Gasteiger partial charge on any atom is -0.496 e. The zero-order valence-electron chi connectivity index (χ0n) is 14.3. The number of methoxy groups -OCH3 is 1. The van der Waals surface area contributed by atoms with Crippen molar-refractivity contribution in [2.75, 3.05) is 20.7 Å². The van der Waals surface area contributed by atoms with E-state index in [0.717, 1.165) is 38.0 Å². The predicted octanol–water partition coefficient (Wildman–Crippen LogP) is 2.60. The van der Waals surface area contributed by atoms with Gasteiger partial charge in [0.05, 0.1) is 13.0 Å². The fourth-order valence-electron chi connectivity index (χ4n) is 4.41. The molecular formula is C19H28N2O2. The Hall–Kier alpha value is -1.55. The molecule has 0 spiro atoms. The summed E-state index contributed by atoms with van der Waals surface area (Å²) in [4.78, 5) is 14.7. The summed E-state index contributed by atoms with van der Waals surface area (Å²) in [6.07, 6.45) is 6.56. The molecule has 1 aliphatic carbocycles. The van der Waals surface area contributed by atoms with E-state index in [1.807, 2.05) is 18.2 Å². The number of primary amides is 1. The second kappa shape index (κ2) is 6.52. The molecule has 1 saturated heterocycles. The fraction of sp³-hybridized carbons (Fsp3) is 0.632. The maximum absolute atomic E-state index is 12.3. The highest BCUT2D eigenvalue weighted by Crippen LogP contribution is 2.57. The molecule has 4 nitrogen and oxygen atoms in total. The van der Waals surface area contributed by atoms with Crippen molar-refractivity contribution >= 4 is 5.91 Å². The van der Waals surface area contributed by atoms with E-state index in [2.05, 4.69) is 18.0 Å². The number of benzene rings is 1. The lowest BCUT2D eigenvalue weighted by molar-refractivity contribution is -0.127. The molecule has 1 heterocycles. The number of ether oxygens (including phenoxy) is 1. The van der Waals surface area contributed by atoms with Crippen LogP contribution < -0.4 is 10.5 Å². The van der Waals surface area contributed by atoms with Crippen molar-refractivity contribution in [3.63, 3.8) is 0 Å². The highest BCUT2D eigenvalue weighted by Gasteiger charge is 2.55. The van der Waals surface area contributed by atoms with Gasteiger partial charge in [-0.15, -0.1) is 0 Å². The number of rotatable bonds is 6. The lowest BCUT2D eigenvalue weighted by Crippen LogP contribution is -2.50. The molecule has 2 unspecified atom stereocenters. The van der Waals surface area contributed by atoms with E-state index in [-0.39, 0.29) is 17.2 Å². The maximum Gasteiger partial charge on any atom is 0.222 e. The maximum atomic E-state index is 12.3. The van der Waals surface area contributed by atoms with Crippen molar-refractivity contribution in [2.45, 2.75) is 44.6 Å². The zero-order chi connectivity index (χ0) is 16.4. The Morgan fingerprint density at radius 1 is 1.39 bits per heavy atom. The largest absolute Gasteiger partial charge is 0.496 e. The number of nitrogens with two attached hydrogens (primary N) is 1. The predicted molar refractivity (Wildman–Crippen MR) is 91.3 cm³/mol. The van der Waals surface area contributed by atoms with Crippen LogP contribution in [0.5, 0.6) is 5.75 Å². The average Bonchev–Trinajstić information content (AvgIpc) is 3.30.